The standard InChI is InChI=1S/C20H17N3OS/c24-19(22-13-16-7-4-10-21-16)12-20-23-17-9-8-15(11-18(17)25-20)14-5-2-1-3-6-14/h1-11,21H,12-13H2,(H,22,24). The minimum absolute atomic E-state index is 0.0167. The molecule has 0 saturated carbocycles. The zero-order valence-electron chi connectivity index (χ0n) is 13.5. The number of amides is 1. The van der Waals surface area contributed by atoms with Crippen LogP contribution in [0.2, 0.25) is 0 Å². The zero-order valence-corrected chi connectivity index (χ0v) is 14.3. The lowest BCUT2D eigenvalue weighted by Crippen LogP contribution is -2.24. The monoisotopic (exact) mass is 347 g/mol. The Morgan fingerprint density at radius 1 is 1.04 bits per heavy atom. The number of H-pyrrole nitrogens is 1. The Balaban J connectivity index is 1.48. The van der Waals surface area contributed by atoms with Crippen LogP contribution in [0.25, 0.3) is 21.3 Å². The van der Waals surface area contributed by atoms with Crippen LogP contribution in [0, 0.1) is 0 Å². The van der Waals surface area contributed by atoms with E-state index in [0.29, 0.717) is 13.0 Å². The molecule has 1 amide bonds. The Morgan fingerprint density at radius 2 is 1.92 bits per heavy atom. The molecule has 0 radical (unpaired) electrons. The summed E-state index contributed by atoms with van der Waals surface area (Å²) >= 11 is 1.58. The molecule has 0 unspecified atom stereocenters. The van der Waals surface area contributed by atoms with Gasteiger partial charge in [-0.1, -0.05) is 36.4 Å². The molecular formula is C20H17N3OS. The Labute approximate surface area is 149 Å². The lowest BCUT2D eigenvalue weighted by Gasteiger charge is -2.01. The van der Waals surface area contributed by atoms with Gasteiger partial charge in [0.25, 0.3) is 0 Å². The van der Waals surface area contributed by atoms with Crippen LogP contribution < -0.4 is 5.32 Å². The second-order valence-corrected chi connectivity index (χ2v) is 6.92. The molecule has 4 aromatic rings. The SMILES string of the molecule is O=C(Cc1nc2ccc(-c3ccccc3)cc2s1)NCc1ccc[nH]1. The van der Waals surface area contributed by atoms with Gasteiger partial charge in [-0.05, 0) is 35.4 Å². The topological polar surface area (TPSA) is 57.8 Å². The Hall–Kier alpha value is -2.92. The number of carbonyl (C=O) groups is 1. The maximum atomic E-state index is 12.1. The summed E-state index contributed by atoms with van der Waals surface area (Å²) < 4.78 is 1.11. The molecule has 0 aliphatic carbocycles. The van der Waals surface area contributed by atoms with E-state index in [1.54, 1.807) is 11.3 Å². The number of benzene rings is 2. The number of thiazole rings is 1. The first kappa shape index (κ1) is 15.6. The third-order valence-corrected chi connectivity index (χ3v) is 5.01. The van der Waals surface area contributed by atoms with Crippen molar-refractivity contribution in [1.29, 1.82) is 0 Å². The van der Waals surface area contributed by atoms with Gasteiger partial charge in [0.15, 0.2) is 0 Å². The van der Waals surface area contributed by atoms with Crippen LogP contribution in [0.3, 0.4) is 0 Å². The molecule has 0 aliphatic rings. The third-order valence-electron chi connectivity index (χ3n) is 3.99. The Bertz CT molecular complexity index is 990. The third kappa shape index (κ3) is 3.61. The predicted octanol–water partition coefficient (Wildman–Crippen LogP) is 4.15. The molecule has 0 saturated heterocycles. The fraction of sp³-hybridized carbons (Fsp3) is 0.100. The second kappa shape index (κ2) is 6.91. The lowest BCUT2D eigenvalue weighted by atomic mass is 10.1. The van der Waals surface area contributed by atoms with Gasteiger partial charge in [0.2, 0.25) is 5.91 Å². The Morgan fingerprint density at radius 3 is 2.72 bits per heavy atom. The van der Waals surface area contributed by atoms with Gasteiger partial charge in [0.05, 0.1) is 23.2 Å². The van der Waals surface area contributed by atoms with E-state index in [9.17, 15) is 4.79 Å². The first-order chi connectivity index (χ1) is 12.3. The van der Waals surface area contributed by atoms with Gasteiger partial charge < -0.3 is 10.3 Å². The van der Waals surface area contributed by atoms with E-state index in [2.05, 4.69) is 39.6 Å². The summed E-state index contributed by atoms with van der Waals surface area (Å²) in [5.41, 5.74) is 4.28. The van der Waals surface area contributed by atoms with Crippen molar-refractivity contribution in [2.75, 3.05) is 0 Å². The lowest BCUT2D eigenvalue weighted by molar-refractivity contribution is -0.120. The normalized spacial score (nSPS) is 10.9. The summed E-state index contributed by atoms with van der Waals surface area (Å²) in [6, 6.07) is 20.4. The highest BCUT2D eigenvalue weighted by Crippen LogP contribution is 2.28. The molecule has 4 nitrogen and oxygen atoms in total. The molecule has 0 atom stereocenters. The number of nitrogens with one attached hydrogen (secondary N) is 2. The van der Waals surface area contributed by atoms with E-state index >= 15 is 0 Å². The van der Waals surface area contributed by atoms with Crippen LogP contribution in [-0.4, -0.2) is 15.9 Å². The van der Waals surface area contributed by atoms with Crippen LogP contribution in [0.4, 0.5) is 0 Å². The van der Waals surface area contributed by atoms with E-state index < -0.39 is 0 Å². The van der Waals surface area contributed by atoms with E-state index in [1.807, 2.05) is 42.6 Å². The number of hydrogen-bond acceptors (Lipinski definition) is 3. The Kier molecular flexibility index (Phi) is 4.31. The summed E-state index contributed by atoms with van der Waals surface area (Å²) in [6.07, 6.45) is 2.15. The molecule has 124 valence electrons. The number of hydrogen-bond donors (Lipinski definition) is 2. The number of aromatic amines is 1. The van der Waals surface area contributed by atoms with Gasteiger partial charge in [0.1, 0.15) is 5.01 Å². The highest BCUT2D eigenvalue weighted by atomic mass is 32.1. The van der Waals surface area contributed by atoms with Crippen LogP contribution in [0.5, 0.6) is 0 Å². The van der Waals surface area contributed by atoms with Crippen molar-refractivity contribution in [2.45, 2.75) is 13.0 Å². The molecule has 25 heavy (non-hydrogen) atoms. The first-order valence-corrected chi connectivity index (χ1v) is 8.93. The molecule has 0 bridgehead atoms. The summed E-state index contributed by atoms with van der Waals surface area (Å²) in [4.78, 5) is 19.8. The van der Waals surface area contributed by atoms with E-state index in [4.69, 9.17) is 0 Å². The van der Waals surface area contributed by atoms with Crippen LogP contribution in [0.1, 0.15) is 10.7 Å². The molecule has 0 fully saturated rings. The quantitative estimate of drug-likeness (QED) is 0.570. The van der Waals surface area contributed by atoms with Gasteiger partial charge in [-0.15, -0.1) is 11.3 Å². The van der Waals surface area contributed by atoms with Crippen molar-refractivity contribution in [3.8, 4) is 11.1 Å². The summed E-state index contributed by atoms with van der Waals surface area (Å²) in [5.74, 6) is -0.0167. The minimum Gasteiger partial charge on any atom is -0.364 e. The average Bonchev–Trinajstić information content (AvgIpc) is 3.29. The molecular weight excluding hydrogens is 330 g/mol. The van der Waals surface area contributed by atoms with E-state index in [-0.39, 0.29) is 5.91 Å². The number of rotatable bonds is 5. The van der Waals surface area contributed by atoms with Gasteiger partial charge in [0, 0.05) is 11.9 Å². The predicted molar refractivity (Wildman–Crippen MR) is 101 cm³/mol. The molecule has 2 aromatic carbocycles. The average molecular weight is 347 g/mol. The number of aromatic nitrogens is 2. The van der Waals surface area contributed by atoms with Crippen molar-refractivity contribution in [2.24, 2.45) is 0 Å². The van der Waals surface area contributed by atoms with E-state index in [0.717, 1.165) is 20.9 Å². The van der Waals surface area contributed by atoms with Gasteiger partial charge in [-0.2, -0.15) is 0 Å². The zero-order chi connectivity index (χ0) is 17.1. The van der Waals surface area contributed by atoms with Crippen LogP contribution in [0.15, 0.2) is 66.9 Å². The summed E-state index contributed by atoms with van der Waals surface area (Å²) in [7, 11) is 0. The molecule has 2 heterocycles. The fourth-order valence-electron chi connectivity index (χ4n) is 2.73. The highest BCUT2D eigenvalue weighted by molar-refractivity contribution is 7.18. The number of carbonyl (C=O) groups excluding carboxylic acids is 1. The fourth-order valence-corrected chi connectivity index (χ4v) is 3.73. The maximum absolute atomic E-state index is 12.1. The van der Waals surface area contributed by atoms with E-state index in [1.165, 1.54) is 11.1 Å². The molecule has 2 aromatic heterocycles. The molecule has 5 heteroatoms. The van der Waals surface area contributed by atoms with Crippen molar-refractivity contribution in [3.63, 3.8) is 0 Å². The van der Waals surface area contributed by atoms with Gasteiger partial charge in [-0.3, -0.25) is 4.79 Å². The van der Waals surface area contributed by atoms with Crippen molar-refractivity contribution < 1.29 is 4.79 Å². The summed E-state index contributed by atoms with van der Waals surface area (Å²) in [5, 5.41) is 3.75. The smallest absolute Gasteiger partial charge is 0.227 e. The largest absolute Gasteiger partial charge is 0.364 e. The molecule has 2 N–H and O–H groups in total. The first-order valence-electron chi connectivity index (χ1n) is 8.12. The molecule has 0 aliphatic heterocycles. The van der Waals surface area contributed by atoms with Crippen LogP contribution >= 0.6 is 11.3 Å². The molecule has 0 spiro atoms. The number of fused-ring (bicyclic) bond motifs is 1. The highest BCUT2D eigenvalue weighted by Gasteiger charge is 2.10. The second-order valence-electron chi connectivity index (χ2n) is 5.80. The van der Waals surface area contributed by atoms with Gasteiger partial charge in [-0.25, -0.2) is 4.98 Å². The van der Waals surface area contributed by atoms with Crippen molar-refractivity contribution >= 4 is 27.5 Å². The minimum atomic E-state index is -0.0167. The van der Waals surface area contributed by atoms with Gasteiger partial charge >= 0.3 is 0 Å². The van der Waals surface area contributed by atoms with Crippen molar-refractivity contribution in [3.05, 3.63) is 77.6 Å². The number of nitrogens with zero attached hydrogens (tertiary/aromatic N) is 1. The summed E-state index contributed by atoms with van der Waals surface area (Å²) in [6.45, 7) is 0.509. The molecule has 4 rings (SSSR count). The van der Waals surface area contributed by atoms with Crippen LogP contribution in [-0.2, 0) is 17.8 Å². The maximum Gasteiger partial charge on any atom is 0.227 e. The van der Waals surface area contributed by atoms with Crippen molar-refractivity contribution in [1.82, 2.24) is 15.3 Å².